The van der Waals surface area contributed by atoms with Crippen LogP contribution in [0, 0.1) is 0 Å². The summed E-state index contributed by atoms with van der Waals surface area (Å²) < 4.78 is 0. The number of aliphatic carboxylic acids is 1. The third-order valence-corrected chi connectivity index (χ3v) is 4.70. The average Bonchev–Trinajstić information content (AvgIpc) is 2.73. The lowest BCUT2D eigenvalue weighted by Crippen LogP contribution is -2.55. The van der Waals surface area contributed by atoms with E-state index in [9.17, 15) is 9.90 Å². The monoisotopic (exact) mass is 253 g/mol. The maximum atomic E-state index is 11.7. The summed E-state index contributed by atoms with van der Waals surface area (Å²) in [4.78, 5) is 11.7. The second-order valence-corrected chi connectivity index (χ2v) is 6.13. The molecule has 0 heterocycles. The number of nitrogens with one attached hydrogen (secondary N) is 1. The van der Waals surface area contributed by atoms with E-state index in [0.29, 0.717) is 6.04 Å². The van der Waals surface area contributed by atoms with E-state index in [1.807, 2.05) is 0 Å². The Kier molecular flexibility index (Phi) is 5.04. The third kappa shape index (κ3) is 3.47. The Bertz CT molecular complexity index is 262. The molecule has 104 valence electrons. The number of hydrogen-bond acceptors (Lipinski definition) is 2. The zero-order valence-corrected chi connectivity index (χ0v) is 11.4. The fourth-order valence-corrected chi connectivity index (χ4v) is 3.57. The second kappa shape index (κ2) is 6.55. The highest BCUT2D eigenvalue weighted by atomic mass is 16.4. The Morgan fingerprint density at radius 1 is 0.889 bits per heavy atom. The van der Waals surface area contributed by atoms with Crippen LogP contribution in [0.5, 0.6) is 0 Å². The lowest BCUT2D eigenvalue weighted by atomic mass is 9.88. The molecule has 0 bridgehead atoms. The van der Waals surface area contributed by atoms with E-state index < -0.39 is 11.5 Å². The molecule has 2 saturated carbocycles. The summed E-state index contributed by atoms with van der Waals surface area (Å²) in [5, 5.41) is 13.2. The van der Waals surface area contributed by atoms with Crippen LogP contribution in [0.3, 0.4) is 0 Å². The molecule has 0 amide bonds. The molecule has 0 aromatic carbocycles. The molecular formula is C15H27NO2. The van der Waals surface area contributed by atoms with Gasteiger partial charge in [0.15, 0.2) is 0 Å². The van der Waals surface area contributed by atoms with E-state index in [0.717, 1.165) is 38.5 Å². The highest BCUT2D eigenvalue weighted by Crippen LogP contribution is 2.30. The van der Waals surface area contributed by atoms with E-state index in [2.05, 4.69) is 5.32 Å². The van der Waals surface area contributed by atoms with E-state index >= 15 is 0 Å². The molecule has 3 nitrogen and oxygen atoms in total. The molecule has 2 N–H and O–H groups in total. The number of rotatable bonds is 3. The van der Waals surface area contributed by atoms with Crippen LogP contribution in [-0.2, 0) is 4.79 Å². The predicted octanol–water partition coefficient (Wildman–Crippen LogP) is 3.48. The van der Waals surface area contributed by atoms with Gasteiger partial charge in [0, 0.05) is 6.04 Å². The minimum atomic E-state index is -0.620. The van der Waals surface area contributed by atoms with Gasteiger partial charge in [-0.1, -0.05) is 51.4 Å². The Morgan fingerprint density at radius 3 is 1.89 bits per heavy atom. The van der Waals surface area contributed by atoms with Crippen LogP contribution in [0.15, 0.2) is 0 Å². The number of carboxylic acids is 1. The van der Waals surface area contributed by atoms with Gasteiger partial charge in [-0.15, -0.1) is 0 Å². The summed E-state index contributed by atoms with van der Waals surface area (Å²) in [5.74, 6) is -0.617. The smallest absolute Gasteiger partial charge is 0.323 e. The van der Waals surface area contributed by atoms with Gasteiger partial charge in [-0.2, -0.15) is 0 Å². The van der Waals surface area contributed by atoms with Crippen molar-refractivity contribution in [3.05, 3.63) is 0 Å². The maximum absolute atomic E-state index is 11.7. The third-order valence-electron chi connectivity index (χ3n) is 4.70. The van der Waals surface area contributed by atoms with E-state index in [-0.39, 0.29) is 0 Å². The molecule has 2 rings (SSSR count). The van der Waals surface area contributed by atoms with Crippen molar-refractivity contribution in [2.45, 2.75) is 88.6 Å². The molecular weight excluding hydrogens is 226 g/mol. The first kappa shape index (κ1) is 13.9. The molecule has 2 aliphatic carbocycles. The molecule has 18 heavy (non-hydrogen) atoms. The summed E-state index contributed by atoms with van der Waals surface area (Å²) in [7, 11) is 0. The van der Waals surface area contributed by atoms with Gasteiger partial charge >= 0.3 is 5.97 Å². The van der Waals surface area contributed by atoms with Crippen molar-refractivity contribution in [3.8, 4) is 0 Å². The first-order chi connectivity index (χ1) is 8.73. The molecule has 0 aromatic heterocycles. The Balaban J connectivity index is 2.01. The summed E-state index contributed by atoms with van der Waals surface area (Å²) in [5.41, 5.74) is -0.620. The topological polar surface area (TPSA) is 49.3 Å². The predicted molar refractivity (Wildman–Crippen MR) is 72.7 cm³/mol. The van der Waals surface area contributed by atoms with Crippen LogP contribution in [0.2, 0.25) is 0 Å². The second-order valence-electron chi connectivity index (χ2n) is 6.13. The van der Waals surface area contributed by atoms with Crippen molar-refractivity contribution in [1.29, 1.82) is 0 Å². The molecule has 0 unspecified atom stereocenters. The fourth-order valence-electron chi connectivity index (χ4n) is 3.57. The Hall–Kier alpha value is -0.570. The fraction of sp³-hybridized carbons (Fsp3) is 0.933. The maximum Gasteiger partial charge on any atom is 0.323 e. The minimum absolute atomic E-state index is 0.432. The van der Waals surface area contributed by atoms with Crippen LogP contribution in [0.4, 0.5) is 0 Å². The van der Waals surface area contributed by atoms with Crippen LogP contribution in [0.1, 0.15) is 77.0 Å². The SMILES string of the molecule is O=C(O)C1(NC2CCCCCC2)CCCCCC1. The van der Waals surface area contributed by atoms with E-state index in [4.69, 9.17) is 0 Å². The van der Waals surface area contributed by atoms with Gasteiger partial charge in [-0.05, 0) is 25.7 Å². The van der Waals surface area contributed by atoms with E-state index in [1.54, 1.807) is 0 Å². The average molecular weight is 253 g/mol. The standard InChI is InChI=1S/C15H27NO2/c17-14(18)15(11-7-3-4-8-12-15)16-13-9-5-1-2-6-10-13/h13,16H,1-12H2,(H,17,18). The molecule has 0 atom stereocenters. The summed E-state index contributed by atoms with van der Waals surface area (Å²) in [6.07, 6.45) is 13.6. The summed E-state index contributed by atoms with van der Waals surface area (Å²) in [6, 6.07) is 0.432. The van der Waals surface area contributed by atoms with Crippen molar-refractivity contribution in [2.75, 3.05) is 0 Å². The quantitative estimate of drug-likeness (QED) is 0.757. The first-order valence-corrected chi connectivity index (χ1v) is 7.74. The molecule has 2 aliphatic rings. The first-order valence-electron chi connectivity index (χ1n) is 7.74. The Labute approximate surface area is 110 Å². The lowest BCUT2D eigenvalue weighted by Gasteiger charge is -2.34. The number of hydrogen-bond donors (Lipinski definition) is 2. The molecule has 0 aliphatic heterocycles. The van der Waals surface area contributed by atoms with Crippen molar-refractivity contribution >= 4 is 5.97 Å². The summed E-state index contributed by atoms with van der Waals surface area (Å²) in [6.45, 7) is 0. The molecule has 2 fully saturated rings. The van der Waals surface area contributed by atoms with Crippen molar-refractivity contribution < 1.29 is 9.90 Å². The zero-order valence-electron chi connectivity index (χ0n) is 11.4. The van der Waals surface area contributed by atoms with E-state index in [1.165, 1.54) is 38.5 Å². The molecule has 0 spiro atoms. The van der Waals surface area contributed by atoms with Crippen molar-refractivity contribution in [1.82, 2.24) is 5.32 Å². The Morgan fingerprint density at radius 2 is 1.39 bits per heavy atom. The largest absolute Gasteiger partial charge is 0.480 e. The summed E-state index contributed by atoms with van der Waals surface area (Å²) >= 11 is 0. The highest BCUT2D eigenvalue weighted by molar-refractivity contribution is 5.78. The van der Waals surface area contributed by atoms with Crippen LogP contribution < -0.4 is 5.32 Å². The highest BCUT2D eigenvalue weighted by Gasteiger charge is 2.39. The normalized spacial score (nSPS) is 26.2. The van der Waals surface area contributed by atoms with Gasteiger partial charge < -0.3 is 5.11 Å². The van der Waals surface area contributed by atoms with Crippen LogP contribution >= 0.6 is 0 Å². The number of carboxylic acid groups (broad SMARTS) is 1. The van der Waals surface area contributed by atoms with Crippen molar-refractivity contribution in [3.63, 3.8) is 0 Å². The molecule has 3 heteroatoms. The minimum Gasteiger partial charge on any atom is -0.480 e. The molecule has 0 radical (unpaired) electrons. The van der Waals surface area contributed by atoms with Crippen LogP contribution in [0.25, 0.3) is 0 Å². The zero-order chi connectivity index (χ0) is 12.8. The van der Waals surface area contributed by atoms with Gasteiger partial charge in [-0.25, -0.2) is 0 Å². The van der Waals surface area contributed by atoms with Gasteiger partial charge in [-0.3, -0.25) is 10.1 Å². The van der Waals surface area contributed by atoms with Gasteiger partial charge in [0.2, 0.25) is 0 Å². The lowest BCUT2D eigenvalue weighted by molar-refractivity contribution is -0.146. The van der Waals surface area contributed by atoms with Gasteiger partial charge in [0.25, 0.3) is 0 Å². The molecule has 0 saturated heterocycles. The number of carbonyl (C=O) groups is 1. The van der Waals surface area contributed by atoms with Gasteiger partial charge in [0.05, 0.1) is 0 Å². The van der Waals surface area contributed by atoms with Crippen LogP contribution in [-0.4, -0.2) is 22.7 Å². The van der Waals surface area contributed by atoms with Gasteiger partial charge in [0.1, 0.15) is 5.54 Å². The van der Waals surface area contributed by atoms with Crippen molar-refractivity contribution in [2.24, 2.45) is 0 Å². The molecule has 0 aromatic rings.